The first-order valence-corrected chi connectivity index (χ1v) is 6.32. The van der Waals surface area contributed by atoms with Gasteiger partial charge in [0.15, 0.2) is 5.76 Å². The molecule has 2 aromatic rings. The molecule has 0 aliphatic carbocycles. The normalized spacial score (nSPS) is 11.6. The molecule has 2 aromatic heterocycles. The summed E-state index contributed by atoms with van der Waals surface area (Å²) in [5.74, 6) is 1.19. The van der Waals surface area contributed by atoms with Crippen LogP contribution in [0, 0.1) is 6.92 Å². The van der Waals surface area contributed by atoms with Gasteiger partial charge in [-0.3, -0.25) is 0 Å². The Morgan fingerprint density at radius 3 is 2.62 bits per heavy atom. The highest BCUT2D eigenvalue weighted by Gasteiger charge is 2.14. The Kier molecular flexibility index (Phi) is 2.47. The van der Waals surface area contributed by atoms with Crippen molar-refractivity contribution in [1.82, 2.24) is 15.2 Å². The predicted molar refractivity (Wildman–Crippen MR) is 55.4 cm³/mol. The number of nitrogens with zero attached hydrogens (tertiary/aromatic N) is 3. The minimum Gasteiger partial charge on any atom is -0.460 e. The average molecular weight is 239 g/mol. The van der Waals surface area contributed by atoms with Crippen LogP contribution in [-0.2, 0) is 9.84 Å². The van der Waals surface area contributed by atoms with Crippen molar-refractivity contribution >= 4 is 9.84 Å². The minimum absolute atomic E-state index is 0.306. The highest BCUT2D eigenvalue weighted by atomic mass is 32.2. The molecule has 0 atom stereocenters. The summed E-state index contributed by atoms with van der Waals surface area (Å²) in [5.41, 5.74) is 0.350. The van der Waals surface area contributed by atoms with Gasteiger partial charge in [-0.25, -0.2) is 13.4 Å². The van der Waals surface area contributed by atoms with E-state index in [-0.39, 0.29) is 5.16 Å². The minimum atomic E-state index is -3.45. The lowest BCUT2D eigenvalue weighted by molar-refractivity contribution is 0.543. The van der Waals surface area contributed by atoms with E-state index in [9.17, 15) is 8.42 Å². The van der Waals surface area contributed by atoms with Crippen molar-refractivity contribution in [2.24, 2.45) is 0 Å². The fourth-order valence-corrected chi connectivity index (χ4v) is 1.59. The van der Waals surface area contributed by atoms with E-state index in [1.165, 1.54) is 6.20 Å². The van der Waals surface area contributed by atoms with Gasteiger partial charge in [-0.15, -0.1) is 5.10 Å². The van der Waals surface area contributed by atoms with Gasteiger partial charge in [0, 0.05) is 6.26 Å². The Balaban J connectivity index is 2.52. The Labute approximate surface area is 92.3 Å². The molecule has 0 aliphatic heterocycles. The molecule has 0 saturated heterocycles. The molecule has 0 aromatic carbocycles. The van der Waals surface area contributed by atoms with Crippen LogP contribution in [0.5, 0.6) is 0 Å². The molecule has 2 rings (SSSR count). The number of hydrogen-bond donors (Lipinski definition) is 0. The van der Waals surface area contributed by atoms with E-state index in [1.807, 2.05) is 0 Å². The maximum absolute atomic E-state index is 11.2. The fraction of sp³-hybridized carbons (Fsp3) is 0.222. The topological polar surface area (TPSA) is 86.0 Å². The molecule has 0 N–H and O–H groups in total. The van der Waals surface area contributed by atoms with E-state index < -0.39 is 9.84 Å². The van der Waals surface area contributed by atoms with Crippen LogP contribution in [0.4, 0.5) is 0 Å². The lowest BCUT2D eigenvalue weighted by atomic mass is 10.3. The van der Waals surface area contributed by atoms with Gasteiger partial charge in [-0.05, 0) is 19.1 Å². The third kappa shape index (κ3) is 2.08. The first-order chi connectivity index (χ1) is 7.47. The summed E-state index contributed by atoms with van der Waals surface area (Å²) >= 11 is 0. The number of hydrogen-bond acceptors (Lipinski definition) is 6. The Hall–Kier alpha value is -1.76. The van der Waals surface area contributed by atoms with E-state index >= 15 is 0 Å². The summed E-state index contributed by atoms with van der Waals surface area (Å²) in [5, 5.41) is 6.73. The van der Waals surface area contributed by atoms with Crippen LogP contribution < -0.4 is 0 Å². The Bertz CT molecular complexity index is 618. The summed E-state index contributed by atoms with van der Waals surface area (Å²) in [7, 11) is -3.45. The smallest absolute Gasteiger partial charge is 0.267 e. The molecule has 0 amide bonds. The average Bonchev–Trinajstić information content (AvgIpc) is 2.64. The Morgan fingerprint density at radius 1 is 1.31 bits per heavy atom. The summed E-state index contributed by atoms with van der Waals surface area (Å²) < 4.78 is 27.8. The van der Waals surface area contributed by atoms with Crippen molar-refractivity contribution in [1.29, 1.82) is 0 Å². The number of aromatic nitrogens is 3. The highest BCUT2D eigenvalue weighted by molar-refractivity contribution is 7.90. The van der Waals surface area contributed by atoms with Crippen LogP contribution in [0.25, 0.3) is 11.5 Å². The molecule has 16 heavy (non-hydrogen) atoms. The van der Waals surface area contributed by atoms with Gasteiger partial charge in [0.25, 0.3) is 5.16 Å². The third-order valence-electron chi connectivity index (χ3n) is 1.86. The second-order valence-corrected chi connectivity index (χ2v) is 5.22. The molecule has 0 radical (unpaired) electrons. The first-order valence-electron chi connectivity index (χ1n) is 4.43. The van der Waals surface area contributed by atoms with Gasteiger partial charge in [0.05, 0.1) is 6.20 Å². The molecule has 7 heteroatoms. The molecule has 0 fully saturated rings. The van der Waals surface area contributed by atoms with Crippen LogP contribution in [0.3, 0.4) is 0 Å². The lowest BCUT2D eigenvalue weighted by Gasteiger charge is -1.97. The van der Waals surface area contributed by atoms with E-state index in [1.54, 1.807) is 19.1 Å². The summed E-state index contributed by atoms with van der Waals surface area (Å²) in [6, 6.07) is 3.46. The van der Waals surface area contributed by atoms with Crippen molar-refractivity contribution in [3.05, 3.63) is 24.1 Å². The summed E-state index contributed by atoms with van der Waals surface area (Å²) in [6.45, 7) is 1.79. The van der Waals surface area contributed by atoms with Crippen molar-refractivity contribution in [3.63, 3.8) is 0 Å². The number of furan rings is 1. The molecule has 2 heterocycles. The van der Waals surface area contributed by atoms with Crippen molar-refractivity contribution < 1.29 is 12.8 Å². The summed E-state index contributed by atoms with van der Waals surface area (Å²) in [6.07, 6.45) is 2.38. The maximum Gasteiger partial charge on any atom is 0.267 e. The van der Waals surface area contributed by atoms with Gasteiger partial charge in [0.2, 0.25) is 9.84 Å². The second kappa shape index (κ2) is 3.67. The quantitative estimate of drug-likeness (QED) is 0.772. The molecule has 0 bridgehead atoms. The van der Waals surface area contributed by atoms with Crippen LogP contribution >= 0.6 is 0 Å². The molecule has 0 aliphatic rings. The molecule has 0 saturated carbocycles. The lowest BCUT2D eigenvalue weighted by Crippen LogP contribution is -2.05. The fourth-order valence-electron chi connectivity index (χ4n) is 1.14. The van der Waals surface area contributed by atoms with Gasteiger partial charge in [-0.2, -0.15) is 5.10 Å². The molecule has 0 unspecified atom stereocenters. The van der Waals surface area contributed by atoms with Crippen LogP contribution in [0.15, 0.2) is 27.9 Å². The highest BCUT2D eigenvalue weighted by Crippen LogP contribution is 2.19. The van der Waals surface area contributed by atoms with Crippen molar-refractivity contribution in [3.8, 4) is 11.5 Å². The maximum atomic E-state index is 11.2. The first kappa shape index (κ1) is 10.7. The SMILES string of the molecule is Cc1ccc(-c2cnnc(S(C)(=O)=O)n2)o1. The van der Waals surface area contributed by atoms with E-state index in [0.717, 1.165) is 12.0 Å². The van der Waals surface area contributed by atoms with E-state index in [4.69, 9.17) is 4.42 Å². The van der Waals surface area contributed by atoms with Crippen LogP contribution in [0.1, 0.15) is 5.76 Å². The zero-order valence-corrected chi connectivity index (χ0v) is 9.52. The van der Waals surface area contributed by atoms with Gasteiger partial charge < -0.3 is 4.42 Å². The summed E-state index contributed by atoms with van der Waals surface area (Å²) in [4.78, 5) is 3.87. The van der Waals surface area contributed by atoms with Gasteiger partial charge >= 0.3 is 0 Å². The molecule has 0 spiro atoms. The predicted octanol–water partition coefficient (Wildman–Crippen LogP) is 0.844. The standard InChI is InChI=1S/C9H9N3O3S/c1-6-3-4-8(15-6)7-5-10-12-9(11-7)16(2,13)14/h3-5H,1-2H3. The van der Waals surface area contributed by atoms with E-state index in [0.29, 0.717) is 11.5 Å². The van der Waals surface area contributed by atoms with Gasteiger partial charge in [0.1, 0.15) is 11.5 Å². The number of sulfone groups is 1. The number of rotatable bonds is 2. The molecular weight excluding hydrogens is 230 g/mol. The molecular formula is C9H9N3O3S. The van der Waals surface area contributed by atoms with Crippen molar-refractivity contribution in [2.75, 3.05) is 6.26 Å². The van der Waals surface area contributed by atoms with Crippen LogP contribution in [-0.4, -0.2) is 29.9 Å². The second-order valence-electron chi connectivity index (χ2n) is 3.31. The monoisotopic (exact) mass is 239 g/mol. The third-order valence-corrected chi connectivity index (χ3v) is 2.70. The van der Waals surface area contributed by atoms with Crippen LogP contribution in [0.2, 0.25) is 0 Å². The molecule has 84 valence electrons. The molecule has 6 nitrogen and oxygen atoms in total. The zero-order chi connectivity index (χ0) is 11.8. The van der Waals surface area contributed by atoms with Crippen molar-refractivity contribution in [2.45, 2.75) is 12.1 Å². The van der Waals surface area contributed by atoms with E-state index in [2.05, 4.69) is 15.2 Å². The van der Waals surface area contributed by atoms with Gasteiger partial charge in [-0.1, -0.05) is 0 Å². The zero-order valence-electron chi connectivity index (χ0n) is 8.71. The largest absolute Gasteiger partial charge is 0.460 e. The Morgan fingerprint density at radius 2 is 2.06 bits per heavy atom. The number of aryl methyl sites for hydroxylation is 1.